The lowest BCUT2D eigenvalue weighted by atomic mass is 9.77. The molecular weight excluding hydrogens is 732 g/mol. The Kier molecular flexibility index (Phi) is 15.4. The number of rotatable bonds is 11. The number of carbonyl (C=O) groups excluding carboxylic acids is 2. The van der Waals surface area contributed by atoms with E-state index in [0.717, 1.165) is 0 Å². The first-order valence-electron chi connectivity index (χ1n) is 20.0. The number of cyclic esters (lactones) is 1. The van der Waals surface area contributed by atoms with E-state index in [4.69, 9.17) is 52.1 Å². The molecule has 15 nitrogen and oxygen atoms in total. The van der Waals surface area contributed by atoms with Crippen molar-refractivity contribution in [2.45, 2.75) is 166 Å². The lowest BCUT2D eigenvalue weighted by Crippen LogP contribution is -2.63. The van der Waals surface area contributed by atoms with Gasteiger partial charge in [0, 0.05) is 58.5 Å². The first-order valence-corrected chi connectivity index (χ1v) is 20.0. The molecule has 5 aliphatic rings. The van der Waals surface area contributed by atoms with E-state index in [1.165, 1.54) is 14.2 Å². The summed E-state index contributed by atoms with van der Waals surface area (Å²) in [5.41, 5.74) is -0.797. The summed E-state index contributed by atoms with van der Waals surface area (Å²) >= 11 is 0. The van der Waals surface area contributed by atoms with Gasteiger partial charge >= 0.3 is 5.97 Å². The third-order valence-corrected chi connectivity index (χ3v) is 12.3. The zero-order chi connectivity index (χ0) is 41.1. The summed E-state index contributed by atoms with van der Waals surface area (Å²) in [5.74, 6) is -3.62. The van der Waals surface area contributed by atoms with Crippen LogP contribution < -0.4 is 0 Å². The minimum Gasteiger partial charge on any atom is -0.457 e. The Morgan fingerprint density at radius 2 is 1.48 bits per heavy atom. The number of ether oxygens (including phenoxy) is 11. The highest BCUT2D eigenvalue weighted by molar-refractivity contribution is 5.86. The molecule has 0 aromatic rings. The van der Waals surface area contributed by atoms with Crippen molar-refractivity contribution in [3.8, 4) is 0 Å². The van der Waals surface area contributed by atoms with Crippen molar-refractivity contribution >= 4 is 11.8 Å². The standard InChI is InChI=1S/C41H66O15/c1-21(2)14-12-13-15-30-40(6,7)31-16-22(3)41(45,56-31)29(43)18-25-17-27(23(4)28(52-25)19-32(44)54-30)53-38-36(48-10)34(26(42)20-50-38)55-39-37(49-11)35(47-9)33(46-8)24(5)51-39/h12-15,21-28,30-31,33-39,42,45H,16-20H2,1-11H3/b14-12+,15-13+/t22-,23-,24+,25+,26-,27+,28+,30-,31-,33-,34+,35-,36-,37+,38+,39+,41-/m1/s1. The molecule has 0 spiro atoms. The normalized spacial score (nSPS) is 45.1. The number of esters is 1. The van der Waals surface area contributed by atoms with E-state index >= 15 is 0 Å². The first kappa shape index (κ1) is 45.2. The number of hydrogen-bond acceptors (Lipinski definition) is 15. The Hall–Kier alpha value is -1.86. The molecule has 0 radical (unpaired) electrons. The second-order valence-electron chi connectivity index (χ2n) is 17.0. The maximum Gasteiger partial charge on any atom is 0.309 e. The minimum atomic E-state index is -2.05. The fourth-order valence-corrected chi connectivity index (χ4v) is 8.66. The molecule has 2 N–H and O–H groups in total. The van der Waals surface area contributed by atoms with Gasteiger partial charge in [0.05, 0.1) is 43.5 Å². The maximum absolute atomic E-state index is 14.0. The number of hydrogen-bond donors (Lipinski definition) is 2. The van der Waals surface area contributed by atoms with Crippen LogP contribution in [0.4, 0.5) is 0 Å². The monoisotopic (exact) mass is 798 g/mol. The molecule has 0 unspecified atom stereocenters. The van der Waals surface area contributed by atoms with E-state index in [1.54, 1.807) is 21.1 Å². The Bertz CT molecular complexity index is 1370. The molecular formula is C41H66O15. The number of Topliss-reactive ketones (excluding diaryl/α,β-unsaturated/α-hetero) is 1. The Morgan fingerprint density at radius 1 is 0.821 bits per heavy atom. The number of fused-ring (bicyclic) bond motifs is 4. The van der Waals surface area contributed by atoms with Crippen LogP contribution in [-0.4, -0.2) is 149 Å². The number of carbonyl (C=O) groups is 2. The van der Waals surface area contributed by atoms with Crippen molar-refractivity contribution in [1.82, 2.24) is 0 Å². The van der Waals surface area contributed by atoms with Crippen LogP contribution in [0, 0.1) is 23.2 Å². The van der Waals surface area contributed by atoms with Gasteiger partial charge in [0.1, 0.15) is 42.7 Å². The number of aliphatic hydroxyl groups is 2. The lowest BCUT2D eigenvalue weighted by molar-refractivity contribution is -0.358. The van der Waals surface area contributed by atoms with Crippen molar-refractivity contribution in [3.05, 3.63) is 24.3 Å². The van der Waals surface area contributed by atoms with Crippen LogP contribution in [0.1, 0.15) is 74.1 Å². The highest BCUT2D eigenvalue weighted by atomic mass is 16.8. The molecule has 56 heavy (non-hydrogen) atoms. The molecule has 4 bridgehead atoms. The predicted octanol–water partition coefficient (Wildman–Crippen LogP) is 3.26. The van der Waals surface area contributed by atoms with Crippen molar-refractivity contribution < 1.29 is 71.9 Å². The summed E-state index contributed by atoms with van der Waals surface area (Å²) in [7, 11) is 6.11. The molecule has 0 saturated carbocycles. The van der Waals surface area contributed by atoms with E-state index in [-0.39, 0.29) is 31.8 Å². The van der Waals surface area contributed by atoms with E-state index in [2.05, 4.69) is 13.8 Å². The number of allylic oxidation sites excluding steroid dienone is 3. The predicted molar refractivity (Wildman–Crippen MR) is 200 cm³/mol. The molecule has 0 amide bonds. The molecule has 15 heteroatoms. The summed E-state index contributed by atoms with van der Waals surface area (Å²) < 4.78 is 67.2. The average molecular weight is 799 g/mol. The van der Waals surface area contributed by atoms with Gasteiger partial charge in [-0.2, -0.15) is 0 Å². The van der Waals surface area contributed by atoms with Crippen LogP contribution in [0.5, 0.6) is 0 Å². The highest BCUT2D eigenvalue weighted by Crippen LogP contribution is 2.46. The van der Waals surface area contributed by atoms with Gasteiger partial charge in [-0.15, -0.1) is 0 Å². The lowest BCUT2D eigenvalue weighted by Gasteiger charge is -2.48. The van der Waals surface area contributed by atoms with E-state index < -0.39 is 115 Å². The van der Waals surface area contributed by atoms with Gasteiger partial charge in [0.2, 0.25) is 5.79 Å². The second kappa shape index (κ2) is 19.0. The van der Waals surface area contributed by atoms with Crippen LogP contribution in [0.2, 0.25) is 0 Å². The van der Waals surface area contributed by atoms with Gasteiger partial charge in [-0.3, -0.25) is 9.59 Å². The van der Waals surface area contributed by atoms with Crippen LogP contribution >= 0.6 is 0 Å². The Morgan fingerprint density at radius 3 is 2.12 bits per heavy atom. The van der Waals surface area contributed by atoms with E-state index in [1.807, 2.05) is 52.0 Å². The first-order chi connectivity index (χ1) is 26.5. The van der Waals surface area contributed by atoms with Gasteiger partial charge in [0.15, 0.2) is 18.4 Å². The largest absolute Gasteiger partial charge is 0.457 e. The zero-order valence-electron chi connectivity index (χ0n) is 34.9. The van der Waals surface area contributed by atoms with Crippen molar-refractivity contribution in [3.63, 3.8) is 0 Å². The van der Waals surface area contributed by atoms with Gasteiger partial charge in [-0.1, -0.05) is 59.8 Å². The van der Waals surface area contributed by atoms with Crippen molar-refractivity contribution in [2.24, 2.45) is 23.2 Å². The second-order valence-corrected chi connectivity index (χ2v) is 17.0. The molecule has 5 aliphatic heterocycles. The van der Waals surface area contributed by atoms with Crippen molar-refractivity contribution in [2.75, 3.05) is 35.0 Å². The van der Waals surface area contributed by atoms with Gasteiger partial charge in [-0.05, 0) is 25.3 Å². The SMILES string of the molecule is CO[C@H]1[C@H](OC)[C@H](O[C@@H]2[C@@H](OC)[C@H](O[C@H]3C[C@H]4CC(=O)[C@]5(O)O[C@H](C[C@H]5C)C(C)(C)[C@@H](/C=C/C=C/C(C)C)OC(=O)C[C@H](O4)[C@@H]3C)OC[C@H]2O)O[C@@H](C)[C@H]1OC. The molecule has 0 aromatic heterocycles. The molecule has 0 aromatic carbocycles. The fraction of sp³-hybridized carbons (Fsp3) is 0.854. The average Bonchev–Trinajstić information content (AvgIpc) is 3.47. The molecule has 17 atom stereocenters. The summed E-state index contributed by atoms with van der Waals surface area (Å²) in [5, 5.41) is 23.0. The number of ketones is 1. The summed E-state index contributed by atoms with van der Waals surface area (Å²) in [4.78, 5) is 27.8. The third kappa shape index (κ3) is 9.61. The molecule has 0 aliphatic carbocycles. The van der Waals surface area contributed by atoms with Crippen LogP contribution in [0.25, 0.3) is 0 Å². The highest BCUT2D eigenvalue weighted by Gasteiger charge is 2.57. The van der Waals surface area contributed by atoms with Crippen LogP contribution in [0.3, 0.4) is 0 Å². The minimum absolute atomic E-state index is 0.109. The molecule has 5 fully saturated rings. The molecule has 5 saturated heterocycles. The van der Waals surface area contributed by atoms with Gasteiger partial charge in [0.25, 0.3) is 0 Å². The fourth-order valence-electron chi connectivity index (χ4n) is 8.66. The molecule has 5 heterocycles. The summed E-state index contributed by atoms with van der Waals surface area (Å²) in [6.07, 6.45) is -2.52. The maximum atomic E-state index is 14.0. The van der Waals surface area contributed by atoms with Gasteiger partial charge < -0.3 is 62.3 Å². The van der Waals surface area contributed by atoms with E-state index in [0.29, 0.717) is 12.3 Å². The quantitative estimate of drug-likeness (QED) is 0.230. The van der Waals surface area contributed by atoms with Crippen molar-refractivity contribution in [1.29, 1.82) is 0 Å². The number of methoxy groups -OCH3 is 4. The Balaban J connectivity index is 1.39. The molecule has 5 rings (SSSR count). The summed E-state index contributed by atoms with van der Waals surface area (Å²) in [6, 6.07) is 0. The summed E-state index contributed by atoms with van der Waals surface area (Å²) in [6.45, 7) is 13.4. The molecule has 320 valence electrons. The smallest absolute Gasteiger partial charge is 0.309 e. The van der Waals surface area contributed by atoms with Crippen LogP contribution in [0.15, 0.2) is 24.3 Å². The Labute approximate surface area is 331 Å². The number of aliphatic hydroxyl groups excluding tert-OH is 1. The zero-order valence-corrected chi connectivity index (χ0v) is 34.9. The van der Waals surface area contributed by atoms with E-state index in [9.17, 15) is 19.8 Å². The van der Waals surface area contributed by atoms with Crippen LogP contribution in [-0.2, 0) is 61.7 Å². The van der Waals surface area contributed by atoms with Gasteiger partial charge in [-0.25, -0.2) is 0 Å². The topological polar surface area (TPSA) is 176 Å². The third-order valence-electron chi connectivity index (χ3n) is 12.3.